The Bertz CT molecular complexity index is 529. The number of aromatic nitrogens is 2. The van der Waals surface area contributed by atoms with Crippen molar-refractivity contribution in [3.63, 3.8) is 0 Å². The minimum Gasteiger partial charge on any atom is -0.340 e. The molecule has 0 bridgehead atoms. The van der Waals surface area contributed by atoms with Gasteiger partial charge in [-0.05, 0) is 30.7 Å². The molecule has 0 radical (unpaired) electrons. The van der Waals surface area contributed by atoms with E-state index in [0.29, 0.717) is 17.2 Å². The first kappa shape index (κ1) is 11.3. The van der Waals surface area contributed by atoms with Gasteiger partial charge in [-0.15, -0.1) is 0 Å². The number of hydrazine groups is 1. The summed E-state index contributed by atoms with van der Waals surface area (Å²) in [6.07, 6.45) is 1.38. The van der Waals surface area contributed by atoms with Crippen molar-refractivity contribution in [2.45, 2.75) is 6.92 Å². The highest BCUT2D eigenvalue weighted by molar-refractivity contribution is 5.59. The van der Waals surface area contributed by atoms with Crippen LogP contribution < -0.4 is 16.6 Å². The number of hydrogen-bond acceptors (Lipinski definition) is 5. The topological polar surface area (TPSA) is 75.9 Å². The molecule has 88 valence electrons. The van der Waals surface area contributed by atoms with Crippen molar-refractivity contribution in [3.8, 4) is 0 Å². The van der Waals surface area contributed by atoms with Crippen LogP contribution in [0.5, 0.6) is 0 Å². The van der Waals surface area contributed by atoms with Crippen LogP contribution in [0.15, 0.2) is 30.6 Å². The van der Waals surface area contributed by atoms with Crippen molar-refractivity contribution in [3.05, 3.63) is 42.0 Å². The monoisotopic (exact) mass is 233 g/mol. The zero-order chi connectivity index (χ0) is 12.3. The first-order valence-corrected chi connectivity index (χ1v) is 5.01. The molecule has 4 N–H and O–H groups in total. The lowest BCUT2D eigenvalue weighted by molar-refractivity contribution is 0.619. The summed E-state index contributed by atoms with van der Waals surface area (Å²) >= 11 is 0. The molecule has 2 rings (SSSR count). The van der Waals surface area contributed by atoms with E-state index < -0.39 is 0 Å². The summed E-state index contributed by atoms with van der Waals surface area (Å²) in [6.45, 7) is 1.70. The molecule has 0 saturated heterocycles. The van der Waals surface area contributed by atoms with Crippen molar-refractivity contribution in [1.82, 2.24) is 9.97 Å². The van der Waals surface area contributed by atoms with Gasteiger partial charge in [0.2, 0.25) is 0 Å². The zero-order valence-electron chi connectivity index (χ0n) is 9.24. The Morgan fingerprint density at radius 3 is 2.65 bits per heavy atom. The second kappa shape index (κ2) is 4.75. The molecule has 0 aliphatic carbocycles. The fourth-order valence-electron chi connectivity index (χ4n) is 1.37. The second-order valence-electron chi connectivity index (χ2n) is 3.52. The number of hydrogen-bond donors (Lipinski definition) is 3. The van der Waals surface area contributed by atoms with Crippen LogP contribution in [-0.2, 0) is 0 Å². The molecule has 17 heavy (non-hydrogen) atoms. The molecule has 1 aromatic carbocycles. The molecule has 6 heteroatoms. The van der Waals surface area contributed by atoms with Crippen LogP contribution in [0.1, 0.15) is 5.56 Å². The molecular formula is C11H12FN5. The molecule has 2 aromatic rings. The Labute approximate surface area is 97.9 Å². The van der Waals surface area contributed by atoms with Gasteiger partial charge in [-0.25, -0.2) is 20.2 Å². The standard InChI is InChI=1S/C11H12FN5/c1-7-4-8(2-3-9(7)12)16-10-5-11(17-13)15-6-14-10/h2-6H,13H2,1H3,(H2,14,15,16,17). The van der Waals surface area contributed by atoms with Crippen molar-refractivity contribution in [2.24, 2.45) is 5.84 Å². The second-order valence-corrected chi connectivity index (χ2v) is 3.52. The average molecular weight is 233 g/mol. The molecule has 0 spiro atoms. The van der Waals surface area contributed by atoms with Gasteiger partial charge in [0.25, 0.3) is 0 Å². The van der Waals surface area contributed by atoms with E-state index in [-0.39, 0.29) is 5.82 Å². The number of nitrogen functional groups attached to an aromatic ring is 1. The molecule has 0 atom stereocenters. The van der Waals surface area contributed by atoms with Gasteiger partial charge in [-0.1, -0.05) is 0 Å². The Hall–Kier alpha value is -2.21. The first-order chi connectivity index (χ1) is 8.19. The predicted molar refractivity (Wildman–Crippen MR) is 64.3 cm³/mol. The lowest BCUT2D eigenvalue weighted by atomic mass is 10.2. The fraction of sp³-hybridized carbons (Fsp3) is 0.0909. The lowest BCUT2D eigenvalue weighted by Gasteiger charge is -2.07. The Morgan fingerprint density at radius 2 is 1.94 bits per heavy atom. The normalized spacial score (nSPS) is 10.1. The molecule has 0 fully saturated rings. The number of nitrogens with two attached hydrogens (primary N) is 1. The highest BCUT2D eigenvalue weighted by Gasteiger charge is 2.01. The minimum atomic E-state index is -0.234. The maximum atomic E-state index is 13.1. The summed E-state index contributed by atoms with van der Waals surface area (Å²) in [5, 5.41) is 3.03. The van der Waals surface area contributed by atoms with Crippen molar-refractivity contribution in [1.29, 1.82) is 0 Å². The van der Waals surface area contributed by atoms with Crippen LogP contribution >= 0.6 is 0 Å². The van der Waals surface area contributed by atoms with Gasteiger partial charge in [-0.3, -0.25) is 0 Å². The van der Waals surface area contributed by atoms with Gasteiger partial charge in [0, 0.05) is 11.8 Å². The molecule has 0 saturated carbocycles. The summed E-state index contributed by atoms with van der Waals surface area (Å²) in [6, 6.07) is 6.40. The number of nitrogens with one attached hydrogen (secondary N) is 2. The van der Waals surface area contributed by atoms with E-state index in [1.54, 1.807) is 25.1 Å². The van der Waals surface area contributed by atoms with E-state index in [1.165, 1.54) is 12.4 Å². The lowest BCUT2D eigenvalue weighted by Crippen LogP contribution is -2.09. The largest absolute Gasteiger partial charge is 0.340 e. The smallest absolute Gasteiger partial charge is 0.145 e. The van der Waals surface area contributed by atoms with Crippen LogP contribution in [0.3, 0.4) is 0 Å². The predicted octanol–water partition coefficient (Wildman–Crippen LogP) is 1.95. The van der Waals surface area contributed by atoms with Crippen LogP contribution in [0.4, 0.5) is 21.7 Å². The summed E-state index contributed by atoms with van der Waals surface area (Å²) in [4.78, 5) is 7.91. The number of aryl methyl sites for hydroxylation is 1. The van der Waals surface area contributed by atoms with Gasteiger partial charge in [0.1, 0.15) is 23.8 Å². The van der Waals surface area contributed by atoms with Crippen molar-refractivity contribution in [2.75, 3.05) is 10.7 Å². The highest BCUT2D eigenvalue weighted by Crippen LogP contribution is 2.18. The number of nitrogens with zero attached hydrogens (tertiary/aromatic N) is 2. The summed E-state index contributed by atoms with van der Waals surface area (Å²) in [7, 11) is 0. The van der Waals surface area contributed by atoms with Crippen molar-refractivity contribution >= 4 is 17.3 Å². The molecule has 0 aliphatic rings. The molecule has 1 aromatic heterocycles. The third-order valence-corrected chi connectivity index (χ3v) is 2.25. The maximum Gasteiger partial charge on any atom is 0.145 e. The van der Waals surface area contributed by atoms with Crippen molar-refractivity contribution < 1.29 is 4.39 Å². The molecule has 1 heterocycles. The highest BCUT2D eigenvalue weighted by atomic mass is 19.1. The third-order valence-electron chi connectivity index (χ3n) is 2.25. The Morgan fingerprint density at radius 1 is 1.18 bits per heavy atom. The SMILES string of the molecule is Cc1cc(Nc2cc(NN)ncn2)ccc1F. The number of benzene rings is 1. The van der Waals surface area contributed by atoms with Gasteiger partial charge < -0.3 is 10.7 Å². The Kier molecular flexibility index (Phi) is 3.15. The molecule has 0 amide bonds. The fourth-order valence-corrected chi connectivity index (χ4v) is 1.37. The number of halogens is 1. The van der Waals surface area contributed by atoms with E-state index in [4.69, 9.17) is 5.84 Å². The van der Waals surface area contributed by atoms with Crippen LogP contribution in [0.25, 0.3) is 0 Å². The van der Waals surface area contributed by atoms with Gasteiger partial charge in [-0.2, -0.15) is 0 Å². The number of anilines is 3. The van der Waals surface area contributed by atoms with E-state index in [9.17, 15) is 4.39 Å². The zero-order valence-corrected chi connectivity index (χ0v) is 9.24. The van der Waals surface area contributed by atoms with Crippen LogP contribution in [0, 0.1) is 12.7 Å². The third kappa shape index (κ3) is 2.67. The average Bonchev–Trinajstić information content (AvgIpc) is 2.34. The molecule has 5 nitrogen and oxygen atoms in total. The van der Waals surface area contributed by atoms with Gasteiger partial charge >= 0.3 is 0 Å². The first-order valence-electron chi connectivity index (χ1n) is 5.01. The quantitative estimate of drug-likeness (QED) is 0.558. The molecule has 0 aliphatic heterocycles. The van der Waals surface area contributed by atoms with E-state index in [0.717, 1.165) is 5.69 Å². The molecule has 0 unspecified atom stereocenters. The summed E-state index contributed by atoms with van der Waals surface area (Å²) in [5.74, 6) is 6.09. The number of rotatable bonds is 3. The minimum absolute atomic E-state index is 0.234. The summed E-state index contributed by atoms with van der Waals surface area (Å²) < 4.78 is 13.1. The van der Waals surface area contributed by atoms with E-state index in [2.05, 4.69) is 20.7 Å². The van der Waals surface area contributed by atoms with E-state index >= 15 is 0 Å². The van der Waals surface area contributed by atoms with E-state index in [1.807, 2.05) is 0 Å². The summed E-state index contributed by atoms with van der Waals surface area (Å²) in [5.41, 5.74) is 3.75. The molecular weight excluding hydrogens is 221 g/mol. The van der Waals surface area contributed by atoms with Crippen LogP contribution in [0.2, 0.25) is 0 Å². The maximum absolute atomic E-state index is 13.1. The Balaban J connectivity index is 2.22. The van der Waals surface area contributed by atoms with Gasteiger partial charge in [0.05, 0.1) is 0 Å². The van der Waals surface area contributed by atoms with Gasteiger partial charge in [0.15, 0.2) is 0 Å². The van der Waals surface area contributed by atoms with Crippen LogP contribution in [-0.4, -0.2) is 9.97 Å².